The number of alkyl halides is 2. The minimum Gasteiger partial charge on any atom is -0.327 e. The van der Waals surface area contributed by atoms with Crippen LogP contribution in [0.4, 0.5) is 8.78 Å². The zero-order chi connectivity index (χ0) is 12.3. The molecule has 0 amide bonds. The van der Waals surface area contributed by atoms with Gasteiger partial charge in [-0.3, -0.25) is 4.90 Å². The highest BCUT2D eigenvalue weighted by Gasteiger charge is 2.17. The van der Waals surface area contributed by atoms with Gasteiger partial charge < -0.3 is 5.73 Å². The molecule has 1 fully saturated rings. The third-order valence-corrected chi connectivity index (χ3v) is 3.15. The van der Waals surface area contributed by atoms with E-state index in [2.05, 4.69) is 4.90 Å². The maximum Gasteiger partial charge on any atom is 0.263 e. The molecule has 1 aliphatic rings. The van der Waals surface area contributed by atoms with E-state index in [1.165, 1.54) is 6.07 Å². The average molecular weight is 240 g/mol. The molecule has 4 heteroatoms. The first-order valence-electron chi connectivity index (χ1n) is 6.00. The Morgan fingerprint density at radius 3 is 2.94 bits per heavy atom. The van der Waals surface area contributed by atoms with Crippen molar-refractivity contribution < 1.29 is 8.78 Å². The van der Waals surface area contributed by atoms with Crippen molar-refractivity contribution in [2.75, 3.05) is 13.1 Å². The number of piperidine rings is 1. The fourth-order valence-corrected chi connectivity index (χ4v) is 2.32. The molecular weight excluding hydrogens is 222 g/mol. The van der Waals surface area contributed by atoms with Gasteiger partial charge in [0, 0.05) is 24.7 Å². The highest BCUT2D eigenvalue weighted by molar-refractivity contribution is 5.24. The lowest BCUT2D eigenvalue weighted by Gasteiger charge is -2.30. The molecule has 2 nitrogen and oxygen atoms in total. The Bertz CT molecular complexity index is 368. The first-order chi connectivity index (χ1) is 8.15. The molecule has 1 heterocycles. The van der Waals surface area contributed by atoms with Crippen LogP contribution in [0.1, 0.15) is 30.4 Å². The molecule has 0 saturated carbocycles. The van der Waals surface area contributed by atoms with Crippen molar-refractivity contribution in [2.24, 2.45) is 5.73 Å². The molecule has 0 bridgehead atoms. The van der Waals surface area contributed by atoms with Crippen LogP contribution in [-0.4, -0.2) is 24.0 Å². The molecular formula is C13H18F2N2. The molecule has 17 heavy (non-hydrogen) atoms. The van der Waals surface area contributed by atoms with Gasteiger partial charge in [0.25, 0.3) is 6.43 Å². The number of hydrogen-bond donors (Lipinski definition) is 1. The van der Waals surface area contributed by atoms with E-state index in [4.69, 9.17) is 5.73 Å². The third kappa shape index (κ3) is 3.48. The van der Waals surface area contributed by atoms with Gasteiger partial charge in [-0.05, 0) is 31.0 Å². The van der Waals surface area contributed by atoms with Crippen LogP contribution < -0.4 is 5.73 Å². The number of benzene rings is 1. The summed E-state index contributed by atoms with van der Waals surface area (Å²) in [7, 11) is 0. The number of rotatable bonds is 3. The quantitative estimate of drug-likeness (QED) is 0.879. The molecule has 1 atom stereocenters. The van der Waals surface area contributed by atoms with E-state index in [1.807, 2.05) is 6.07 Å². The summed E-state index contributed by atoms with van der Waals surface area (Å²) in [4.78, 5) is 2.23. The largest absolute Gasteiger partial charge is 0.327 e. The second kappa shape index (κ2) is 5.56. The van der Waals surface area contributed by atoms with Crippen molar-refractivity contribution >= 4 is 0 Å². The van der Waals surface area contributed by atoms with Crippen LogP contribution in [0.25, 0.3) is 0 Å². The molecule has 94 valence electrons. The van der Waals surface area contributed by atoms with Crippen molar-refractivity contribution in [1.29, 1.82) is 0 Å². The van der Waals surface area contributed by atoms with Gasteiger partial charge in [-0.25, -0.2) is 8.78 Å². The standard InChI is InChI=1S/C13H18F2N2/c14-13(15)11-4-1-3-10(7-11)8-17-6-2-5-12(16)9-17/h1,3-4,7,12-13H,2,5-6,8-9,16H2. The van der Waals surface area contributed by atoms with Crippen molar-refractivity contribution in [2.45, 2.75) is 31.9 Å². The molecule has 0 radical (unpaired) electrons. The second-order valence-corrected chi connectivity index (χ2v) is 4.68. The monoisotopic (exact) mass is 240 g/mol. The Balaban J connectivity index is 2.00. The lowest BCUT2D eigenvalue weighted by Crippen LogP contribution is -2.42. The SMILES string of the molecule is NC1CCCN(Cc2cccc(C(F)F)c2)C1. The average Bonchev–Trinajstić information content (AvgIpc) is 2.29. The van der Waals surface area contributed by atoms with Crippen LogP contribution in [0.3, 0.4) is 0 Å². The van der Waals surface area contributed by atoms with Crippen molar-refractivity contribution in [3.63, 3.8) is 0 Å². The van der Waals surface area contributed by atoms with Gasteiger partial charge in [-0.1, -0.05) is 18.2 Å². The first kappa shape index (κ1) is 12.5. The molecule has 0 spiro atoms. The van der Waals surface area contributed by atoms with Crippen LogP contribution in [0, 0.1) is 0 Å². The van der Waals surface area contributed by atoms with Gasteiger partial charge in [-0.2, -0.15) is 0 Å². The Morgan fingerprint density at radius 1 is 1.41 bits per heavy atom. The van der Waals surface area contributed by atoms with E-state index < -0.39 is 6.43 Å². The molecule has 1 aromatic rings. The molecule has 1 unspecified atom stereocenters. The summed E-state index contributed by atoms with van der Waals surface area (Å²) in [5.41, 5.74) is 6.94. The van der Waals surface area contributed by atoms with Crippen LogP contribution in [0.2, 0.25) is 0 Å². The fraction of sp³-hybridized carbons (Fsp3) is 0.538. The van der Waals surface area contributed by atoms with E-state index in [-0.39, 0.29) is 11.6 Å². The van der Waals surface area contributed by atoms with Gasteiger partial charge in [0.05, 0.1) is 0 Å². The Kier molecular flexibility index (Phi) is 4.07. The minimum absolute atomic E-state index is 0.101. The lowest BCUT2D eigenvalue weighted by molar-refractivity contribution is 0.151. The second-order valence-electron chi connectivity index (χ2n) is 4.68. The normalized spacial score (nSPS) is 22.0. The summed E-state index contributed by atoms with van der Waals surface area (Å²) in [6, 6.07) is 6.87. The Hall–Kier alpha value is -1.00. The van der Waals surface area contributed by atoms with Crippen molar-refractivity contribution in [3.05, 3.63) is 35.4 Å². The molecule has 2 rings (SSSR count). The van der Waals surface area contributed by atoms with Gasteiger partial charge in [0.1, 0.15) is 0 Å². The molecule has 1 saturated heterocycles. The summed E-state index contributed by atoms with van der Waals surface area (Å²) in [5.74, 6) is 0. The number of hydrogen-bond acceptors (Lipinski definition) is 2. The third-order valence-electron chi connectivity index (χ3n) is 3.15. The van der Waals surface area contributed by atoms with Gasteiger partial charge in [-0.15, -0.1) is 0 Å². The summed E-state index contributed by atoms with van der Waals surface area (Å²) in [6.07, 6.45) is -0.234. The van der Waals surface area contributed by atoms with Gasteiger partial charge >= 0.3 is 0 Å². The van der Waals surface area contributed by atoms with Crippen LogP contribution in [-0.2, 0) is 6.54 Å². The maximum absolute atomic E-state index is 12.6. The Labute approximate surface area is 100 Å². The van der Waals surface area contributed by atoms with Gasteiger partial charge in [0.15, 0.2) is 0 Å². The minimum atomic E-state index is -2.39. The maximum atomic E-state index is 12.6. The van der Waals surface area contributed by atoms with Crippen molar-refractivity contribution in [1.82, 2.24) is 4.90 Å². The smallest absolute Gasteiger partial charge is 0.263 e. The topological polar surface area (TPSA) is 29.3 Å². The number of halogens is 2. The molecule has 2 N–H and O–H groups in total. The number of nitrogens with zero attached hydrogens (tertiary/aromatic N) is 1. The van der Waals surface area contributed by atoms with E-state index in [0.717, 1.165) is 31.5 Å². The van der Waals surface area contributed by atoms with Crippen LogP contribution in [0.15, 0.2) is 24.3 Å². The van der Waals surface area contributed by atoms with E-state index in [1.54, 1.807) is 12.1 Å². The number of nitrogens with two attached hydrogens (primary N) is 1. The lowest BCUT2D eigenvalue weighted by atomic mass is 10.0. The van der Waals surface area contributed by atoms with Crippen LogP contribution >= 0.6 is 0 Å². The predicted molar refractivity (Wildman–Crippen MR) is 63.9 cm³/mol. The summed E-state index contributed by atoms with van der Waals surface area (Å²) in [5, 5.41) is 0. The highest BCUT2D eigenvalue weighted by atomic mass is 19.3. The molecule has 0 aromatic heterocycles. The summed E-state index contributed by atoms with van der Waals surface area (Å²) >= 11 is 0. The van der Waals surface area contributed by atoms with E-state index in [0.29, 0.717) is 6.54 Å². The highest BCUT2D eigenvalue weighted by Crippen LogP contribution is 2.20. The number of likely N-dealkylation sites (tertiary alicyclic amines) is 1. The zero-order valence-corrected chi connectivity index (χ0v) is 9.78. The van der Waals surface area contributed by atoms with E-state index in [9.17, 15) is 8.78 Å². The fourth-order valence-electron chi connectivity index (χ4n) is 2.32. The molecule has 1 aromatic carbocycles. The van der Waals surface area contributed by atoms with E-state index >= 15 is 0 Å². The predicted octanol–water partition coefficient (Wildman–Crippen LogP) is 2.55. The molecule has 0 aliphatic carbocycles. The summed E-state index contributed by atoms with van der Waals surface area (Å²) in [6.45, 7) is 2.58. The van der Waals surface area contributed by atoms with Gasteiger partial charge in [0.2, 0.25) is 0 Å². The first-order valence-corrected chi connectivity index (χ1v) is 6.00. The van der Waals surface area contributed by atoms with Crippen LogP contribution in [0.5, 0.6) is 0 Å². The van der Waals surface area contributed by atoms with Crippen molar-refractivity contribution in [3.8, 4) is 0 Å². The molecule has 1 aliphatic heterocycles. The Morgan fingerprint density at radius 2 is 2.24 bits per heavy atom. The zero-order valence-electron chi connectivity index (χ0n) is 9.78. The summed E-state index contributed by atoms with van der Waals surface area (Å²) < 4.78 is 25.1.